The zero-order chi connectivity index (χ0) is 33.0. The first-order valence-electron chi connectivity index (χ1n) is 13.9. The van der Waals surface area contributed by atoms with Crippen molar-refractivity contribution < 1.29 is 57.0 Å². The van der Waals surface area contributed by atoms with Crippen LogP contribution in [0.4, 0.5) is 0 Å². The molecule has 3 aromatic rings. The SMILES string of the molecule is CCC(COC(=O)c1c(OC)cccc1OC)(COC(=O)c1c(OC)cccc1OC)COC(=O)c1c(OC)cccc1OC. The number of esters is 3. The number of benzene rings is 3. The Morgan fingerprint density at radius 1 is 0.467 bits per heavy atom. The van der Waals surface area contributed by atoms with E-state index < -0.39 is 23.3 Å². The van der Waals surface area contributed by atoms with Gasteiger partial charge in [-0.1, -0.05) is 25.1 Å². The second kappa shape index (κ2) is 16.1. The van der Waals surface area contributed by atoms with Crippen molar-refractivity contribution in [1.29, 1.82) is 0 Å². The smallest absolute Gasteiger partial charge is 0.345 e. The molecule has 0 aliphatic heterocycles. The van der Waals surface area contributed by atoms with Crippen molar-refractivity contribution in [2.24, 2.45) is 5.41 Å². The van der Waals surface area contributed by atoms with E-state index in [0.717, 1.165) is 0 Å². The van der Waals surface area contributed by atoms with E-state index in [1.54, 1.807) is 61.5 Å². The van der Waals surface area contributed by atoms with E-state index in [4.69, 9.17) is 42.6 Å². The molecular formula is C33H38O12. The molecule has 0 saturated heterocycles. The van der Waals surface area contributed by atoms with Crippen molar-refractivity contribution in [2.75, 3.05) is 62.5 Å². The maximum absolute atomic E-state index is 13.4. The summed E-state index contributed by atoms with van der Waals surface area (Å²) in [7, 11) is 8.49. The van der Waals surface area contributed by atoms with E-state index in [1.165, 1.54) is 42.7 Å². The van der Waals surface area contributed by atoms with Crippen LogP contribution in [0.25, 0.3) is 0 Å². The van der Waals surface area contributed by atoms with Crippen LogP contribution in [0.15, 0.2) is 54.6 Å². The molecule has 0 bridgehead atoms. The fraction of sp³-hybridized carbons (Fsp3) is 0.364. The molecule has 0 aliphatic rings. The number of carbonyl (C=O) groups is 3. The van der Waals surface area contributed by atoms with Crippen molar-refractivity contribution >= 4 is 17.9 Å². The van der Waals surface area contributed by atoms with Crippen LogP contribution in [0, 0.1) is 5.41 Å². The molecular weight excluding hydrogens is 588 g/mol. The number of carbonyl (C=O) groups excluding carboxylic acids is 3. The highest BCUT2D eigenvalue weighted by Gasteiger charge is 2.37. The number of ether oxygens (including phenoxy) is 9. The Bertz CT molecular complexity index is 1240. The average Bonchev–Trinajstić information content (AvgIpc) is 3.09. The molecule has 3 rings (SSSR count). The highest BCUT2D eigenvalue weighted by atomic mass is 16.6. The van der Waals surface area contributed by atoms with Crippen LogP contribution in [-0.4, -0.2) is 80.4 Å². The molecule has 3 aromatic carbocycles. The summed E-state index contributed by atoms with van der Waals surface area (Å²) in [6.07, 6.45) is 0.260. The van der Waals surface area contributed by atoms with Crippen LogP contribution in [0.2, 0.25) is 0 Å². The van der Waals surface area contributed by atoms with Gasteiger partial charge in [-0.15, -0.1) is 0 Å². The predicted molar refractivity (Wildman–Crippen MR) is 162 cm³/mol. The molecule has 0 radical (unpaired) electrons. The van der Waals surface area contributed by atoms with Crippen LogP contribution >= 0.6 is 0 Å². The summed E-state index contributed by atoms with van der Waals surface area (Å²) in [4.78, 5) is 40.1. The maximum Gasteiger partial charge on any atom is 0.345 e. The van der Waals surface area contributed by atoms with Crippen LogP contribution in [0.1, 0.15) is 44.4 Å². The summed E-state index contributed by atoms with van der Waals surface area (Å²) in [5.74, 6) is -0.808. The normalized spacial score (nSPS) is 10.7. The standard InChI is InChI=1S/C33H38O12/c1-8-33(18-43-30(34)27-21(37-2)12-9-13-22(27)38-3,19-44-31(35)28-23(39-4)14-10-15-24(28)40-5)20-45-32(36)29-25(41-6)16-11-17-26(29)42-7/h9-17H,8,18-20H2,1-7H3. The van der Waals surface area contributed by atoms with Gasteiger partial charge in [-0.25, -0.2) is 14.4 Å². The van der Waals surface area contributed by atoms with Gasteiger partial charge in [-0.05, 0) is 42.8 Å². The first-order chi connectivity index (χ1) is 21.7. The molecule has 0 saturated carbocycles. The van der Waals surface area contributed by atoms with Crippen molar-refractivity contribution in [2.45, 2.75) is 13.3 Å². The lowest BCUT2D eigenvalue weighted by atomic mass is 9.87. The molecule has 0 fully saturated rings. The lowest BCUT2D eigenvalue weighted by Gasteiger charge is -2.31. The molecule has 0 atom stereocenters. The molecule has 0 unspecified atom stereocenters. The maximum atomic E-state index is 13.4. The number of hydrogen-bond acceptors (Lipinski definition) is 12. The molecule has 12 nitrogen and oxygen atoms in total. The molecule has 0 amide bonds. The second-order valence-corrected chi connectivity index (χ2v) is 9.69. The monoisotopic (exact) mass is 626 g/mol. The lowest BCUT2D eigenvalue weighted by Crippen LogP contribution is -2.39. The molecule has 0 spiro atoms. The van der Waals surface area contributed by atoms with Gasteiger partial charge in [-0.2, -0.15) is 0 Å². The Balaban J connectivity index is 1.94. The molecule has 0 N–H and O–H groups in total. The van der Waals surface area contributed by atoms with Crippen LogP contribution in [0.3, 0.4) is 0 Å². The molecule has 0 heterocycles. The number of rotatable bonds is 16. The van der Waals surface area contributed by atoms with Gasteiger partial charge in [0.05, 0.1) is 48.1 Å². The van der Waals surface area contributed by atoms with E-state index in [2.05, 4.69) is 0 Å². The van der Waals surface area contributed by atoms with Gasteiger partial charge in [0.25, 0.3) is 0 Å². The van der Waals surface area contributed by atoms with E-state index in [9.17, 15) is 14.4 Å². The van der Waals surface area contributed by atoms with Crippen molar-refractivity contribution in [3.8, 4) is 34.5 Å². The first-order valence-corrected chi connectivity index (χ1v) is 13.9. The third-order valence-corrected chi connectivity index (χ3v) is 7.17. The van der Waals surface area contributed by atoms with Crippen molar-refractivity contribution in [3.05, 3.63) is 71.3 Å². The minimum Gasteiger partial charge on any atom is -0.496 e. The van der Waals surface area contributed by atoms with Gasteiger partial charge in [0, 0.05) is 0 Å². The predicted octanol–water partition coefficient (Wildman–Crippen LogP) is 5.01. The van der Waals surface area contributed by atoms with Gasteiger partial charge in [-0.3, -0.25) is 0 Å². The molecule has 242 valence electrons. The summed E-state index contributed by atoms with van der Waals surface area (Å²) < 4.78 is 49.3. The first kappa shape index (κ1) is 34.4. The van der Waals surface area contributed by atoms with E-state index in [1.807, 2.05) is 0 Å². The summed E-state index contributed by atoms with van der Waals surface area (Å²) in [6, 6.07) is 14.6. The fourth-order valence-electron chi connectivity index (χ4n) is 4.46. The molecule has 0 aliphatic carbocycles. The summed E-state index contributed by atoms with van der Waals surface area (Å²) in [6.45, 7) is 0.856. The van der Waals surface area contributed by atoms with E-state index >= 15 is 0 Å². The highest BCUT2D eigenvalue weighted by Crippen LogP contribution is 2.34. The van der Waals surface area contributed by atoms with E-state index in [-0.39, 0.29) is 77.4 Å². The lowest BCUT2D eigenvalue weighted by molar-refractivity contribution is -0.0385. The van der Waals surface area contributed by atoms with Crippen LogP contribution in [0.5, 0.6) is 34.5 Å². The number of methoxy groups -OCH3 is 6. The van der Waals surface area contributed by atoms with Crippen molar-refractivity contribution in [3.63, 3.8) is 0 Å². The van der Waals surface area contributed by atoms with Crippen molar-refractivity contribution in [1.82, 2.24) is 0 Å². The minimum absolute atomic E-state index is 0.0685. The van der Waals surface area contributed by atoms with Gasteiger partial charge >= 0.3 is 17.9 Å². The van der Waals surface area contributed by atoms with Gasteiger partial charge in [0.2, 0.25) is 0 Å². The molecule has 0 aromatic heterocycles. The topological polar surface area (TPSA) is 134 Å². The fourth-order valence-corrected chi connectivity index (χ4v) is 4.46. The Morgan fingerprint density at radius 3 is 0.867 bits per heavy atom. The highest BCUT2D eigenvalue weighted by molar-refractivity contribution is 5.97. The Morgan fingerprint density at radius 2 is 0.689 bits per heavy atom. The van der Waals surface area contributed by atoms with Crippen LogP contribution in [-0.2, 0) is 14.2 Å². The number of hydrogen-bond donors (Lipinski definition) is 0. The summed E-state index contributed by atoms with van der Waals surface area (Å²) in [5, 5.41) is 0. The van der Waals surface area contributed by atoms with Crippen LogP contribution < -0.4 is 28.4 Å². The third kappa shape index (κ3) is 7.88. The summed E-state index contributed by atoms with van der Waals surface area (Å²) >= 11 is 0. The minimum atomic E-state index is -1.19. The quantitative estimate of drug-likeness (QED) is 0.156. The van der Waals surface area contributed by atoms with Gasteiger partial charge in [0.1, 0.15) is 71.0 Å². The summed E-state index contributed by atoms with van der Waals surface area (Å²) in [5.41, 5.74) is -0.988. The average molecular weight is 627 g/mol. The largest absolute Gasteiger partial charge is 0.496 e. The van der Waals surface area contributed by atoms with Gasteiger partial charge in [0.15, 0.2) is 0 Å². The Labute approximate surface area is 262 Å². The Kier molecular flexibility index (Phi) is 12.3. The molecule has 12 heteroatoms. The third-order valence-electron chi connectivity index (χ3n) is 7.17. The second-order valence-electron chi connectivity index (χ2n) is 9.69. The Hall–Kier alpha value is -5.13. The van der Waals surface area contributed by atoms with Gasteiger partial charge < -0.3 is 42.6 Å². The zero-order valence-electron chi connectivity index (χ0n) is 26.4. The van der Waals surface area contributed by atoms with E-state index in [0.29, 0.717) is 0 Å². The zero-order valence-corrected chi connectivity index (χ0v) is 26.4. The molecule has 45 heavy (non-hydrogen) atoms.